The van der Waals surface area contributed by atoms with E-state index in [0.29, 0.717) is 5.13 Å². The molecule has 1 aromatic heterocycles. The molecule has 10 heteroatoms. The number of benzene rings is 2. The fraction of sp³-hybridized carbons (Fsp3) is 0.118. The summed E-state index contributed by atoms with van der Waals surface area (Å²) in [5.74, 6) is -1.08. The number of para-hydroxylation sites is 1. The molecule has 138 valence electrons. The second kappa shape index (κ2) is 7.68. The van der Waals surface area contributed by atoms with Gasteiger partial charge in [-0.25, -0.2) is 4.98 Å². The first-order chi connectivity index (χ1) is 12.8. The highest BCUT2D eigenvalue weighted by Crippen LogP contribution is 2.26. The molecular weight excluding hydrogens is 392 g/mol. The number of carbonyl (C=O) groups excluding carboxylic acids is 2. The number of nitro benzene ring substituents is 1. The van der Waals surface area contributed by atoms with Gasteiger partial charge in [0.25, 0.3) is 11.6 Å². The van der Waals surface area contributed by atoms with E-state index in [2.05, 4.69) is 15.6 Å². The molecule has 3 aromatic rings. The second-order valence-corrected chi connectivity index (χ2v) is 7.03. The molecule has 0 aliphatic carbocycles. The maximum Gasteiger partial charge on any atom is 0.288 e. The predicted octanol–water partition coefficient (Wildman–Crippen LogP) is 3.61. The summed E-state index contributed by atoms with van der Waals surface area (Å²) < 4.78 is 0.929. The Kier molecular flexibility index (Phi) is 5.33. The topological polar surface area (TPSA) is 114 Å². The summed E-state index contributed by atoms with van der Waals surface area (Å²) in [4.78, 5) is 39.1. The first-order valence-electron chi connectivity index (χ1n) is 7.76. The van der Waals surface area contributed by atoms with E-state index in [4.69, 9.17) is 11.6 Å². The number of fused-ring (bicyclic) bond motifs is 1. The molecule has 0 radical (unpaired) electrons. The average molecular weight is 405 g/mol. The Bertz CT molecular complexity index is 1020. The van der Waals surface area contributed by atoms with Crippen LogP contribution in [0.4, 0.5) is 10.8 Å². The van der Waals surface area contributed by atoms with Crippen LogP contribution in [0.3, 0.4) is 0 Å². The number of hydrogen-bond acceptors (Lipinski definition) is 6. The van der Waals surface area contributed by atoms with Crippen molar-refractivity contribution in [2.75, 3.05) is 5.32 Å². The summed E-state index contributed by atoms with van der Waals surface area (Å²) in [5, 5.41) is 16.4. The molecule has 1 atom stereocenters. The van der Waals surface area contributed by atoms with Crippen LogP contribution in [0.25, 0.3) is 10.2 Å². The van der Waals surface area contributed by atoms with Crippen LogP contribution in [0.1, 0.15) is 17.3 Å². The van der Waals surface area contributed by atoms with E-state index in [1.165, 1.54) is 30.4 Å². The van der Waals surface area contributed by atoms with Crippen molar-refractivity contribution < 1.29 is 14.5 Å². The van der Waals surface area contributed by atoms with Crippen molar-refractivity contribution >= 4 is 55.8 Å². The van der Waals surface area contributed by atoms with Gasteiger partial charge in [-0.2, -0.15) is 0 Å². The fourth-order valence-electron chi connectivity index (χ4n) is 2.28. The van der Waals surface area contributed by atoms with Crippen LogP contribution in [0, 0.1) is 10.1 Å². The van der Waals surface area contributed by atoms with Crippen molar-refractivity contribution in [3.05, 3.63) is 63.2 Å². The van der Waals surface area contributed by atoms with Crippen molar-refractivity contribution in [3.63, 3.8) is 0 Å². The van der Waals surface area contributed by atoms with Gasteiger partial charge in [0, 0.05) is 11.6 Å². The lowest BCUT2D eigenvalue weighted by Crippen LogP contribution is -2.41. The van der Waals surface area contributed by atoms with Crippen molar-refractivity contribution in [2.24, 2.45) is 0 Å². The van der Waals surface area contributed by atoms with E-state index in [9.17, 15) is 19.7 Å². The Morgan fingerprint density at radius 3 is 2.70 bits per heavy atom. The molecule has 0 spiro atoms. The molecule has 1 heterocycles. The van der Waals surface area contributed by atoms with Crippen molar-refractivity contribution in [1.82, 2.24) is 10.3 Å². The minimum atomic E-state index is -0.876. The minimum Gasteiger partial charge on any atom is -0.341 e. The number of nitro groups is 1. The number of hydrogen-bond donors (Lipinski definition) is 2. The standard InChI is InChI=1S/C17H13ClN4O4S/c1-9(15(23)21-17-20-12-4-2-3-5-14(12)27-17)19-16(24)10-6-7-11(18)13(8-10)22(25)26/h2-9H,1H3,(H,19,24)(H,20,21,23)/t9-/m0/s1. The number of amides is 2. The second-order valence-electron chi connectivity index (χ2n) is 5.59. The summed E-state index contributed by atoms with van der Waals surface area (Å²) in [6.07, 6.45) is 0. The molecule has 0 saturated carbocycles. The van der Waals surface area contributed by atoms with Crippen molar-refractivity contribution in [2.45, 2.75) is 13.0 Å². The predicted molar refractivity (Wildman–Crippen MR) is 103 cm³/mol. The first-order valence-corrected chi connectivity index (χ1v) is 8.96. The van der Waals surface area contributed by atoms with Gasteiger partial charge in [0.1, 0.15) is 11.1 Å². The van der Waals surface area contributed by atoms with Gasteiger partial charge in [0.15, 0.2) is 5.13 Å². The Morgan fingerprint density at radius 1 is 1.26 bits per heavy atom. The summed E-state index contributed by atoms with van der Waals surface area (Å²) in [7, 11) is 0. The molecule has 2 N–H and O–H groups in total. The van der Waals surface area contributed by atoms with E-state index < -0.39 is 22.8 Å². The summed E-state index contributed by atoms with van der Waals surface area (Å²) in [5.41, 5.74) is 0.421. The van der Waals surface area contributed by atoms with Crippen molar-refractivity contribution in [3.8, 4) is 0 Å². The quantitative estimate of drug-likeness (QED) is 0.498. The lowest BCUT2D eigenvalue weighted by Gasteiger charge is -2.13. The number of carbonyl (C=O) groups is 2. The molecule has 0 unspecified atom stereocenters. The van der Waals surface area contributed by atoms with Gasteiger partial charge in [-0.05, 0) is 31.2 Å². The van der Waals surface area contributed by atoms with Gasteiger partial charge in [0.05, 0.1) is 15.1 Å². The van der Waals surface area contributed by atoms with Crippen LogP contribution < -0.4 is 10.6 Å². The van der Waals surface area contributed by atoms with Crippen LogP contribution in [0.2, 0.25) is 5.02 Å². The number of nitrogens with one attached hydrogen (secondary N) is 2. The molecule has 8 nitrogen and oxygen atoms in total. The van der Waals surface area contributed by atoms with E-state index in [0.717, 1.165) is 16.3 Å². The maximum atomic E-state index is 12.3. The smallest absolute Gasteiger partial charge is 0.288 e. The molecule has 0 fully saturated rings. The third-order valence-electron chi connectivity index (χ3n) is 3.67. The fourth-order valence-corrected chi connectivity index (χ4v) is 3.33. The maximum absolute atomic E-state index is 12.3. The van der Waals surface area contributed by atoms with E-state index in [1.807, 2.05) is 24.3 Å². The summed E-state index contributed by atoms with van der Waals surface area (Å²) in [6.45, 7) is 1.50. The number of aromatic nitrogens is 1. The minimum absolute atomic E-state index is 0.0331. The Balaban J connectivity index is 1.67. The van der Waals surface area contributed by atoms with Crippen LogP contribution in [0.15, 0.2) is 42.5 Å². The number of halogens is 1. The lowest BCUT2D eigenvalue weighted by molar-refractivity contribution is -0.384. The third-order valence-corrected chi connectivity index (χ3v) is 4.94. The van der Waals surface area contributed by atoms with Crippen LogP contribution in [-0.4, -0.2) is 27.8 Å². The average Bonchev–Trinajstić information content (AvgIpc) is 3.03. The van der Waals surface area contributed by atoms with Gasteiger partial charge < -0.3 is 10.6 Å². The van der Waals surface area contributed by atoms with E-state index >= 15 is 0 Å². The zero-order chi connectivity index (χ0) is 19.6. The highest BCUT2D eigenvalue weighted by molar-refractivity contribution is 7.22. The molecule has 0 aliphatic rings. The first kappa shape index (κ1) is 18.7. The summed E-state index contributed by atoms with van der Waals surface area (Å²) >= 11 is 7.05. The van der Waals surface area contributed by atoms with Gasteiger partial charge in [-0.1, -0.05) is 35.1 Å². The number of thiazole rings is 1. The highest BCUT2D eigenvalue weighted by Gasteiger charge is 2.21. The third kappa shape index (κ3) is 4.21. The number of rotatable bonds is 5. The van der Waals surface area contributed by atoms with E-state index in [-0.39, 0.29) is 16.3 Å². The van der Waals surface area contributed by atoms with Gasteiger partial charge >= 0.3 is 0 Å². The van der Waals surface area contributed by atoms with E-state index in [1.54, 1.807) is 0 Å². The molecule has 27 heavy (non-hydrogen) atoms. The van der Waals surface area contributed by atoms with Crippen LogP contribution >= 0.6 is 22.9 Å². The van der Waals surface area contributed by atoms with Crippen molar-refractivity contribution in [1.29, 1.82) is 0 Å². The zero-order valence-electron chi connectivity index (χ0n) is 13.9. The van der Waals surface area contributed by atoms with Gasteiger partial charge in [-0.3, -0.25) is 19.7 Å². The molecule has 0 saturated heterocycles. The molecular formula is C17H13ClN4O4S. The zero-order valence-corrected chi connectivity index (χ0v) is 15.5. The molecule has 0 aliphatic heterocycles. The SMILES string of the molecule is C[C@H](NC(=O)c1ccc(Cl)c([N+](=O)[O-])c1)C(=O)Nc1nc2ccccc2s1. The van der Waals surface area contributed by atoms with Crippen LogP contribution in [0.5, 0.6) is 0 Å². The molecule has 0 bridgehead atoms. The van der Waals surface area contributed by atoms with Gasteiger partial charge in [0.2, 0.25) is 5.91 Å². The Morgan fingerprint density at radius 2 is 2.00 bits per heavy atom. The Labute approximate surface area is 162 Å². The largest absolute Gasteiger partial charge is 0.341 e. The molecule has 2 aromatic carbocycles. The highest BCUT2D eigenvalue weighted by atomic mass is 35.5. The van der Waals surface area contributed by atoms with Crippen LogP contribution in [-0.2, 0) is 4.79 Å². The summed E-state index contributed by atoms with van der Waals surface area (Å²) in [6, 6.07) is 10.3. The Hall–Kier alpha value is -3.04. The van der Waals surface area contributed by atoms with Gasteiger partial charge in [-0.15, -0.1) is 0 Å². The lowest BCUT2D eigenvalue weighted by atomic mass is 10.1. The number of anilines is 1. The monoisotopic (exact) mass is 404 g/mol. The number of nitrogens with zero attached hydrogens (tertiary/aromatic N) is 2. The normalized spacial score (nSPS) is 11.8. The molecule has 2 amide bonds. The molecule has 3 rings (SSSR count).